The second kappa shape index (κ2) is 6.86. The first-order chi connectivity index (χ1) is 9.01. The van der Waals surface area contributed by atoms with Crippen molar-refractivity contribution in [3.8, 4) is 0 Å². The van der Waals surface area contributed by atoms with Crippen LogP contribution in [0, 0.1) is 16.0 Å². The Balaban J connectivity index is 3.11. The molecular weight excluding hydrogens is 246 g/mol. The third-order valence-corrected chi connectivity index (χ3v) is 2.97. The van der Waals surface area contributed by atoms with E-state index in [1.807, 2.05) is 18.9 Å². The lowest BCUT2D eigenvalue weighted by atomic mass is 10.1. The minimum absolute atomic E-state index is 0.0600. The zero-order valence-electron chi connectivity index (χ0n) is 11.9. The van der Waals surface area contributed by atoms with E-state index in [-0.39, 0.29) is 11.5 Å². The van der Waals surface area contributed by atoms with Gasteiger partial charge in [0, 0.05) is 20.1 Å². The van der Waals surface area contributed by atoms with Crippen LogP contribution in [0.1, 0.15) is 27.2 Å². The van der Waals surface area contributed by atoms with Crippen LogP contribution in [0.3, 0.4) is 0 Å². The summed E-state index contributed by atoms with van der Waals surface area (Å²) in [6.07, 6.45) is 2.37. The van der Waals surface area contributed by atoms with Crippen molar-refractivity contribution in [1.29, 1.82) is 0 Å². The Morgan fingerprint density at radius 3 is 2.68 bits per heavy atom. The lowest BCUT2D eigenvalue weighted by Gasteiger charge is -2.21. The molecule has 106 valence electrons. The minimum Gasteiger partial charge on any atom is -0.364 e. The highest BCUT2D eigenvalue weighted by Crippen LogP contribution is 2.31. The molecule has 1 aromatic rings. The van der Waals surface area contributed by atoms with Gasteiger partial charge in [0.25, 0.3) is 0 Å². The summed E-state index contributed by atoms with van der Waals surface area (Å²) < 4.78 is 0. The molecule has 1 atom stereocenters. The van der Waals surface area contributed by atoms with Crippen molar-refractivity contribution < 1.29 is 4.92 Å². The van der Waals surface area contributed by atoms with Crippen LogP contribution in [0.4, 0.5) is 17.3 Å². The fourth-order valence-electron chi connectivity index (χ4n) is 1.80. The highest BCUT2D eigenvalue weighted by molar-refractivity contribution is 5.69. The van der Waals surface area contributed by atoms with Crippen molar-refractivity contribution in [2.24, 2.45) is 5.92 Å². The molecule has 0 saturated carbocycles. The van der Waals surface area contributed by atoms with E-state index < -0.39 is 4.92 Å². The predicted octanol–water partition coefficient (Wildman–Crippen LogP) is 2.30. The summed E-state index contributed by atoms with van der Waals surface area (Å²) in [5.74, 6) is 1.08. The summed E-state index contributed by atoms with van der Waals surface area (Å²) in [6.45, 7) is 7.37. The van der Waals surface area contributed by atoms with Crippen LogP contribution < -0.4 is 10.2 Å². The molecule has 1 rings (SSSR count). The SMILES string of the molecule is CCNc1ncnc(N(C)CC(C)CC)c1[N+](=O)[O-]. The zero-order chi connectivity index (χ0) is 14.4. The standard InChI is InChI=1S/C12H21N5O2/c1-5-9(3)7-16(4)12-10(17(18)19)11(13-6-2)14-8-15-12/h8-9H,5-7H2,1-4H3,(H,13,14,15). The Hall–Kier alpha value is -1.92. The summed E-state index contributed by atoms with van der Waals surface area (Å²) in [7, 11) is 1.82. The van der Waals surface area contributed by atoms with Gasteiger partial charge in [0.05, 0.1) is 4.92 Å². The number of nitro groups is 1. The van der Waals surface area contributed by atoms with Crippen LogP contribution in [-0.2, 0) is 0 Å². The number of aromatic nitrogens is 2. The molecule has 0 bridgehead atoms. The van der Waals surface area contributed by atoms with Gasteiger partial charge in [-0.3, -0.25) is 10.1 Å². The van der Waals surface area contributed by atoms with E-state index in [9.17, 15) is 10.1 Å². The Morgan fingerprint density at radius 2 is 2.16 bits per heavy atom. The summed E-state index contributed by atoms with van der Waals surface area (Å²) in [6, 6.07) is 0. The van der Waals surface area contributed by atoms with Crippen LogP contribution in [0.25, 0.3) is 0 Å². The minimum atomic E-state index is -0.430. The molecule has 7 heteroatoms. The van der Waals surface area contributed by atoms with Crippen LogP contribution in [0.15, 0.2) is 6.33 Å². The zero-order valence-corrected chi connectivity index (χ0v) is 11.9. The van der Waals surface area contributed by atoms with Gasteiger partial charge < -0.3 is 10.2 Å². The number of anilines is 2. The molecule has 19 heavy (non-hydrogen) atoms. The summed E-state index contributed by atoms with van der Waals surface area (Å²) in [4.78, 5) is 20.6. The second-order valence-corrected chi connectivity index (χ2v) is 4.58. The molecule has 1 unspecified atom stereocenters. The van der Waals surface area contributed by atoms with Gasteiger partial charge in [-0.15, -0.1) is 0 Å². The maximum atomic E-state index is 11.2. The van der Waals surface area contributed by atoms with Crippen molar-refractivity contribution in [3.05, 3.63) is 16.4 Å². The highest BCUT2D eigenvalue weighted by Gasteiger charge is 2.25. The quantitative estimate of drug-likeness (QED) is 0.602. The molecule has 0 saturated heterocycles. The number of nitrogens with zero attached hydrogens (tertiary/aromatic N) is 4. The van der Waals surface area contributed by atoms with E-state index >= 15 is 0 Å². The molecule has 0 radical (unpaired) electrons. The molecule has 0 amide bonds. The first-order valence-electron chi connectivity index (χ1n) is 6.45. The molecule has 0 spiro atoms. The largest absolute Gasteiger partial charge is 0.364 e. The molecule has 0 aliphatic heterocycles. The molecule has 0 aliphatic carbocycles. The molecule has 1 N–H and O–H groups in total. The van der Waals surface area contributed by atoms with Crippen molar-refractivity contribution in [2.75, 3.05) is 30.4 Å². The summed E-state index contributed by atoms with van der Waals surface area (Å²) >= 11 is 0. The number of nitrogens with one attached hydrogen (secondary N) is 1. The molecule has 0 aromatic carbocycles. The molecule has 1 aromatic heterocycles. The second-order valence-electron chi connectivity index (χ2n) is 4.58. The summed E-state index contributed by atoms with van der Waals surface area (Å²) in [5.41, 5.74) is -0.0600. The van der Waals surface area contributed by atoms with Crippen molar-refractivity contribution in [1.82, 2.24) is 9.97 Å². The van der Waals surface area contributed by atoms with Crippen LogP contribution in [0.5, 0.6) is 0 Å². The average Bonchev–Trinajstić information content (AvgIpc) is 2.38. The maximum Gasteiger partial charge on any atom is 0.353 e. The lowest BCUT2D eigenvalue weighted by Crippen LogP contribution is -2.26. The lowest BCUT2D eigenvalue weighted by molar-refractivity contribution is -0.383. The fraction of sp³-hybridized carbons (Fsp3) is 0.667. The monoisotopic (exact) mass is 267 g/mol. The van der Waals surface area contributed by atoms with Gasteiger partial charge in [-0.2, -0.15) is 0 Å². The maximum absolute atomic E-state index is 11.2. The number of hydrogen-bond acceptors (Lipinski definition) is 6. The third-order valence-electron chi connectivity index (χ3n) is 2.97. The van der Waals surface area contributed by atoms with Crippen LogP contribution in [-0.4, -0.2) is 35.0 Å². The molecule has 7 nitrogen and oxygen atoms in total. The van der Waals surface area contributed by atoms with E-state index in [2.05, 4.69) is 29.1 Å². The fourth-order valence-corrected chi connectivity index (χ4v) is 1.80. The molecule has 0 fully saturated rings. The normalized spacial score (nSPS) is 12.0. The van der Waals surface area contributed by atoms with E-state index in [1.165, 1.54) is 6.33 Å². The van der Waals surface area contributed by atoms with Gasteiger partial charge in [-0.05, 0) is 12.8 Å². The van der Waals surface area contributed by atoms with Crippen molar-refractivity contribution in [3.63, 3.8) is 0 Å². The van der Waals surface area contributed by atoms with Gasteiger partial charge in [-0.1, -0.05) is 20.3 Å². The highest BCUT2D eigenvalue weighted by atomic mass is 16.6. The first-order valence-corrected chi connectivity index (χ1v) is 6.45. The van der Waals surface area contributed by atoms with Gasteiger partial charge >= 0.3 is 5.69 Å². The Labute approximate surface area is 113 Å². The Kier molecular flexibility index (Phi) is 5.47. The van der Waals surface area contributed by atoms with Crippen molar-refractivity contribution in [2.45, 2.75) is 27.2 Å². The van der Waals surface area contributed by atoms with Crippen LogP contribution >= 0.6 is 0 Å². The van der Waals surface area contributed by atoms with Crippen LogP contribution in [0.2, 0.25) is 0 Å². The average molecular weight is 267 g/mol. The summed E-state index contributed by atoms with van der Waals surface area (Å²) in [5, 5.41) is 14.1. The van der Waals surface area contributed by atoms with Gasteiger partial charge in [-0.25, -0.2) is 9.97 Å². The van der Waals surface area contributed by atoms with Gasteiger partial charge in [0.1, 0.15) is 6.33 Å². The first kappa shape index (κ1) is 15.1. The van der Waals surface area contributed by atoms with Gasteiger partial charge in [0.2, 0.25) is 11.6 Å². The molecular formula is C12H21N5O2. The van der Waals surface area contributed by atoms with E-state index in [4.69, 9.17) is 0 Å². The third kappa shape index (κ3) is 3.77. The van der Waals surface area contributed by atoms with Gasteiger partial charge in [0.15, 0.2) is 0 Å². The van der Waals surface area contributed by atoms with E-state index in [0.717, 1.165) is 13.0 Å². The smallest absolute Gasteiger partial charge is 0.353 e. The Morgan fingerprint density at radius 1 is 1.47 bits per heavy atom. The predicted molar refractivity (Wildman–Crippen MR) is 75.6 cm³/mol. The number of rotatable bonds is 7. The number of hydrogen-bond donors (Lipinski definition) is 1. The molecule has 1 heterocycles. The Bertz CT molecular complexity index is 438. The van der Waals surface area contributed by atoms with E-state index in [1.54, 1.807) is 0 Å². The topological polar surface area (TPSA) is 84.2 Å². The van der Waals surface area contributed by atoms with E-state index in [0.29, 0.717) is 18.3 Å². The van der Waals surface area contributed by atoms with Crippen molar-refractivity contribution >= 4 is 17.3 Å². The molecule has 0 aliphatic rings.